The number of nitrogens with zero attached hydrogens (tertiary/aromatic N) is 1. The first-order valence-electron chi connectivity index (χ1n) is 5.71. The van der Waals surface area contributed by atoms with Gasteiger partial charge in [-0.1, -0.05) is 6.08 Å². The van der Waals surface area contributed by atoms with E-state index < -0.39 is 18.2 Å². The molecule has 0 aromatic rings. The van der Waals surface area contributed by atoms with Crippen LogP contribution in [0.1, 0.15) is 20.3 Å². The van der Waals surface area contributed by atoms with Crippen LogP contribution in [0.4, 0.5) is 9.59 Å². The van der Waals surface area contributed by atoms with Crippen molar-refractivity contribution in [3.63, 3.8) is 0 Å². The van der Waals surface area contributed by atoms with Gasteiger partial charge in [-0.2, -0.15) is 0 Å². The fourth-order valence-corrected chi connectivity index (χ4v) is 1.19. The molecule has 0 unspecified atom stereocenters. The number of aliphatic hydroxyl groups excluding tert-OH is 1. The molecule has 0 spiro atoms. The van der Waals surface area contributed by atoms with Crippen LogP contribution in [0.5, 0.6) is 0 Å². The second kappa shape index (κ2) is 9.29. The topological polar surface area (TPSA) is 88.1 Å². The van der Waals surface area contributed by atoms with Crippen molar-refractivity contribution < 1.29 is 24.2 Å². The van der Waals surface area contributed by atoms with Gasteiger partial charge in [0.1, 0.15) is 0 Å². The minimum absolute atomic E-state index is 0.159. The van der Waals surface area contributed by atoms with E-state index in [4.69, 9.17) is 4.74 Å². The number of carbonyl (C=O) groups is 2. The number of aliphatic hydroxyl groups is 1. The molecule has 104 valence electrons. The molecule has 0 aliphatic heterocycles. The van der Waals surface area contributed by atoms with E-state index in [1.807, 2.05) is 0 Å². The quantitative estimate of drug-likeness (QED) is 0.550. The predicted molar refractivity (Wildman–Crippen MR) is 64.7 cm³/mol. The number of hydrazine groups is 1. The molecule has 0 bridgehead atoms. The maximum atomic E-state index is 11.6. The van der Waals surface area contributed by atoms with Crippen molar-refractivity contribution in [2.75, 3.05) is 19.8 Å². The second-order valence-corrected chi connectivity index (χ2v) is 3.26. The van der Waals surface area contributed by atoms with Crippen LogP contribution in [0.25, 0.3) is 0 Å². The smallest absolute Gasteiger partial charge is 0.429 e. The third kappa shape index (κ3) is 5.53. The summed E-state index contributed by atoms with van der Waals surface area (Å²) in [5, 5.41) is 10.1. The SMILES string of the molecule is C=CC[C@H](CO)N(NC(=O)OCC)C(=O)OCC. The monoisotopic (exact) mass is 260 g/mol. The highest BCUT2D eigenvalue weighted by Crippen LogP contribution is 2.05. The Hall–Kier alpha value is -1.76. The summed E-state index contributed by atoms with van der Waals surface area (Å²) < 4.78 is 9.45. The van der Waals surface area contributed by atoms with Crippen LogP contribution in [0.15, 0.2) is 12.7 Å². The molecule has 2 N–H and O–H groups in total. The minimum Gasteiger partial charge on any atom is -0.449 e. The lowest BCUT2D eigenvalue weighted by molar-refractivity contribution is 0.0402. The Balaban J connectivity index is 4.73. The average molecular weight is 260 g/mol. The predicted octanol–water partition coefficient (Wildman–Crippen LogP) is 1.04. The Morgan fingerprint density at radius 2 is 2.00 bits per heavy atom. The number of carbonyl (C=O) groups excluding carboxylic acids is 2. The van der Waals surface area contributed by atoms with Crippen molar-refractivity contribution in [1.29, 1.82) is 0 Å². The van der Waals surface area contributed by atoms with Crippen LogP contribution in [0.3, 0.4) is 0 Å². The Morgan fingerprint density at radius 3 is 2.44 bits per heavy atom. The highest BCUT2D eigenvalue weighted by atomic mass is 16.6. The lowest BCUT2D eigenvalue weighted by Crippen LogP contribution is -2.53. The van der Waals surface area contributed by atoms with Gasteiger partial charge < -0.3 is 14.6 Å². The normalized spacial score (nSPS) is 11.3. The van der Waals surface area contributed by atoms with Crippen LogP contribution in [0, 0.1) is 0 Å². The Kier molecular flexibility index (Phi) is 8.38. The molecule has 0 aromatic heterocycles. The molecule has 0 aliphatic carbocycles. The van der Waals surface area contributed by atoms with Gasteiger partial charge in [-0.05, 0) is 20.3 Å². The van der Waals surface area contributed by atoms with Gasteiger partial charge in [-0.15, -0.1) is 6.58 Å². The minimum atomic E-state index is -0.784. The number of hydrogen-bond acceptors (Lipinski definition) is 5. The van der Waals surface area contributed by atoms with E-state index in [-0.39, 0.29) is 19.8 Å². The first-order valence-corrected chi connectivity index (χ1v) is 5.71. The summed E-state index contributed by atoms with van der Waals surface area (Å²) in [6, 6.07) is -0.647. The van der Waals surface area contributed by atoms with Crippen molar-refractivity contribution in [3.05, 3.63) is 12.7 Å². The zero-order valence-electron chi connectivity index (χ0n) is 10.7. The summed E-state index contributed by atoms with van der Waals surface area (Å²) in [7, 11) is 0. The third-order valence-electron chi connectivity index (χ3n) is 1.97. The Labute approximate surface area is 106 Å². The zero-order valence-corrected chi connectivity index (χ0v) is 10.7. The molecule has 0 aromatic carbocycles. The van der Waals surface area contributed by atoms with Crippen LogP contribution in [-0.2, 0) is 9.47 Å². The largest absolute Gasteiger partial charge is 0.449 e. The van der Waals surface area contributed by atoms with Crippen molar-refractivity contribution in [2.45, 2.75) is 26.3 Å². The maximum absolute atomic E-state index is 11.6. The van der Waals surface area contributed by atoms with E-state index >= 15 is 0 Å². The Morgan fingerprint density at radius 1 is 1.39 bits per heavy atom. The summed E-state index contributed by atoms with van der Waals surface area (Å²) in [6.45, 7) is 6.80. The molecule has 0 fully saturated rings. The lowest BCUT2D eigenvalue weighted by atomic mass is 10.2. The van der Waals surface area contributed by atoms with Gasteiger partial charge >= 0.3 is 12.2 Å². The average Bonchev–Trinajstić information content (AvgIpc) is 2.34. The van der Waals surface area contributed by atoms with E-state index in [2.05, 4.69) is 16.7 Å². The summed E-state index contributed by atoms with van der Waals surface area (Å²) in [6.07, 6.45) is 0.293. The van der Waals surface area contributed by atoms with Crippen molar-refractivity contribution in [2.24, 2.45) is 0 Å². The number of hydrogen-bond donors (Lipinski definition) is 2. The highest BCUT2D eigenvalue weighted by Gasteiger charge is 2.25. The fraction of sp³-hybridized carbons (Fsp3) is 0.636. The molecule has 7 heteroatoms. The van der Waals surface area contributed by atoms with Gasteiger partial charge in [-0.3, -0.25) is 0 Å². The molecule has 0 aliphatic rings. The van der Waals surface area contributed by atoms with Gasteiger partial charge in [0.05, 0.1) is 25.9 Å². The highest BCUT2D eigenvalue weighted by molar-refractivity contribution is 5.74. The molecule has 1 atom stereocenters. The molecule has 18 heavy (non-hydrogen) atoms. The summed E-state index contributed by atoms with van der Waals surface area (Å²) in [4.78, 5) is 22.9. The van der Waals surface area contributed by atoms with Crippen molar-refractivity contribution >= 4 is 12.2 Å². The fourth-order valence-electron chi connectivity index (χ4n) is 1.19. The van der Waals surface area contributed by atoms with Crippen molar-refractivity contribution in [1.82, 2.24) is 10.4 Å². The summed E-state index contributed by atoms with van der Waals surface area (Å²) in [5.41, 5.74) is 2.23. The van der Waals surface area contributed by atoms with Crippen LogP contribution in [-0.4, -0.2) is 48.2 Å². The number of amides is 2. The molecule has 0 saturated heterocycles. The van der Waals surface area contributed by atoms with E-state index in [1.54, 1.807) is 13.8 Å². The van der Waals surface area contributed by atoms with Crippen LogP contribution < -0.4 is 5.43 Å². The summed E-state index contributed by atoms with van der Waals surface area (Å²) >= 11 is 0. The molecule has 0 heterocycles. The van der Waals surface area contributed by atoms with Crippen LogP contribution in [0.2, 0.25) is 0 Å². The van der Waals surface area contributed by atoms with E-state index in [9.17, 15) is 14.7 Å². The Bertz CT molecular complexity index is 283. The second-order valence-electron chi connectivity index (χ2n) is 3.26. The van der Waals surface area contributed by atoms with Gasteiger partial charge in [0, 0.05) is 0 Å². The van der Waals surface area contributed by atoms with E-state index in [0.717, 1.165) is 5.01 Å². The molecule has 0 radical (unpaired) electrons. The van der Waals surface area contributed by atoms with Gasteiger partial charge in [0.25, 0.3) is 0 Å². The maximum Gasteiger partial charge on any atom is 0.429 e. The van der Waals surface area contributed by atoms with E-state index in [0.29, 0.717) is 6.42 Å². The van der Waals surface area contributed by atoms with Crippen LogP contribution >= 0.6 is 0 Å². The molecule has 0 rings (SSSR count). The standard InChI is InChI=1S/C11H20N2O5/c1-4-7-9(8-14)13(11(16)18-6-3)12-10(15)17-5-2/h4,9,14H,1,5-8H2,2-3H3,(H,12,15)/t9-/m1/s1. The van der Waals surface area contributed by atoms with Gasteiger partial charge in [0.15, 0.2) is 0 Å². The third-order valence-corrected chi connectivity index (χ3v) is 1.97. The first-order chi connectivity index (χ1) is 8.60. The zero-order chi connectivity index (χ0) is 14.0. The number of ether oxygens (including phenoxy) is 2. The molecule has 0 saturated carbocycles. The lowest BCUT2D eigenvalue weighted by Gasteiger charge is -2.28. The molecular weight excluding hydrogens is 240 g/mol. The van der Waals surface area contributed by atoms with Crippen molar-refractivity contribution in [3.8, 4) is 0 Å². The number of nitrogens with one attached hydrogen (secondary N) is 1. The first kappa shape index (κ1) is 16.2. The van der Waals surface area contributed by atoms with Gasteiger partial charge in [0.2, 0.25) is 0 Å². The van der Waals surface area contributed by atoms with Gasteiger partial charge in [-0.25, -0.2) is 20.0 Å². The molecule has 2 amide bonds. The molecular formula is C11H20N2O5. The number of rotatable bonds is 6. The molecule has 7 nitrogen and oxygen atoms in total. The summed E-state index contributed by atoms with van der Waals surface area (Å²) in [5.74, 6) is 0. The van der Waals surface area contributed by atoms with E-state index in [1.165, 1.54) is 6.08 Å².